The number of carbonyl (C=O) groups is 2. The van der Waals surface area contributed by atoms with Gasteiger partial charge in [-0.3, -0.25) is 9.79 Å². The summed E-state index contributed by atoms with van der Waals surface area (Å²) in [4.78, 5) is 35.7. The Balaban J connectivity index is 1.29. The highest BCUT2D eigenvalue weighted by Crippen LogP contribution is 2.30. The predicted octanol–water partition coefficient (Wildman–Crippen LogP) is 5.22. The molecule has 3 unspecified atom stereocenters. The van der Waals surface area contributed by atoms with E-state index in [1.807, 2.05) is 18.7 Å². The van der Waals surface area contributed by atoms with E-state index in [1.54, 1.807) is 31.4 Å². The second kappa shape index (κ2) is 16.6. The number of aliphatic imine (C=N–C) groups is 2. The Morgan fingerprint density at radius 2 is 2.11 bits per heavy atom. The summed E-state index contributed by atoms with van der Waals surface area (Å²) in [5.74, 6) is 2.62. The van der Waals surface area contributed by atoms with Gasteiger partial charge in [0.05, 0.1) is 28.6 Å². The fraction of sp³-hybridized carbons (Fsp3) is 0.562. The van der Waals surface area contributed by atoms with Crippen LogP contribution in [0, 0.1) is 11.8 Å². The molecule has 0 aliphatic carbocycles. The zero-order chi connectivity index (χ0) is 31.5. The molecule has 3 aliphatic heterocycles. The van der Waals surface area contributed by atoms with Crippen LogP contribution in [-0.4, -0.2) is 87.8 Å². The Morgan fingerprint density at radius 3 is 2.89 bits per heavy atom. The van der Waals surface area contributed by atoms with Crippen LogP contribution in [-0.2, 0) is 19.0 Å². The molecule has 0 saturated carbocycles. The number of likely N-dealkylation sites (tertiary alicyclic amines) is 1. The topological polar surface area (TPSA) is 123 Å². The summed E-state index contributed by atoms with van der Waals surface area (Å²) >= 11 is 6.38. The van der Waals surface area contributed by atoms with Crippen molar-refractivity contribution in [1.82, 2.24) is 10.2 Å². The number of piperidine rings is 1. The molecule has 2 saturated heterocycles. The SMILES string of the molecule is C=C1C(/C=C(/OCCCC(=O)N2CCC3COCCC3C2)C(C)OC)=NCN=C1Oc1ccc(NC(=O)NCCC)c(Cl)c1. The molecule has 3 atom stereocenters. The third-order valence-corrected chi connectivity index (χ3v) is 8.32. The molecule has 0 radical (unpaired) electrons. The van der Waals surface area contributed by atoms with Crippen LogP contribution in [0.25, 0.3) is 0 Å². The Kier molecular flexibility index (Phi) is 12.6. The van der Waals surface area contributed by atoms with E-state index in [9.17, 15) is 9.59 Å². The van der Waals surface area contributed by atoms with Crippen molar-refractivity contribution in [2.75, 3.05) is 58.6 Å². The van der Waals surface area contributed by atoms with Gasteiger partial charge in [-0.15, -0.1) is 0 Å². The fourth-order valence-corrected chi connectivity index (χ4v) is 5.52. The molecule has 3 amide bonds. The smallest absolute Gasteiger partial charge is 0.319 e. The zero-order valence-electron chi connectivity index (χ0n) is 25.9. The van der Waals surface area contributed by atoms with Crippen molar-refractivity contribution in [2.45, 2.75) is 52.1 Å². The Hall–Kier alpha value is -3.41. The van der Waals surface area contributed by atoms with Gasteiger partial charge in [0.2, 0.25) is 11.8 Å². The molecule has 1 aromatic rings. The first-order chi connectivity index (χ1) is 21.3. The molecule has 4 rings (SSSR count). The lowest BCUT2D eigenvalue weighted by atomic mass is 9.82. The van der Waals surface area contributed by atoms with Gasteiger partial charge in [0.25, 0.3) is 0 Å². The predicted molar refractivity (Wildman–Crippen MR) is 172 cm³/mol. The van der Waals surface area contributed by atoms with E-state index in [0.717, 1.165) is 45.6 Å². The molecule has 3 aliphatic rings. The number of allylic oxidation sites excluding steroid dienone is 1. The first kappa shape index (κ1) is 33.5. The molecule has 0 bridgehead atoms. The maximum Gasteiger partial charge on any atom is 0.319 e. The van der Waals surface area contributed by atoms with E-state index >= 15 is 0 Å². The number of nitrogens with zero attached hydrogens (tertiary/aromatic N) is 3. The van der Waals surface area contributed by atoms with Crippen LogP contribution in [0.3, 0.4) is 0 Å². The second-order valence-corrected chi connectivity index (χ2v) is 11.5. The van der Waals surface area contributed by atoms with Gasteiger partial charge in [-0.1, -0.05) is 25.1 Å². The highest BCUT2D eigenvalue weighted by Gasteiger charge is 2.33. The van der Waals surface area contributed by atoms with Gasteiger partial charge in [0, 0.05) is 58.5 Å². The molecule has 0 aromatic heterocycles. The number of fused-ring (bicyclic) bond motifs is 1. The Labute approximate surface area is 264 Å². The van der Waals surface area contributed by atoms with Gasteiger partial charge in [0.15, 0.2) is 0 Å². The molecule has 1 aromatic carbocycles. The number of amides is 3. The molecule has 240 valence electrons. The van der Waals surface area contributed by atoms with Crippen LogP contribution >= 0.6 is 11.6 Å². The summed E-state index contributed by atoms with van der Waals surface area (Å²) < 4.78 is 23.2. The third kappa shape index (κ3) is 9.30. The summed E-state index contributed by atoms with van der Waals surface area (Å²) in [5, 5.41) is 5.78. The van der Waals surface area contributed by atoms with Crippen LogP contribution in [0.5, 0.6) is 5.75 Å². The lowest BCUT2D eigenvalue weighted by Gasteiger charge is -2.41. The summed E-state index contributed by atoms with van der Waals surface area (Å²) in [6, 6.07) is 4.62. The number of rotatable bonds is 12. The van der Waals surface area contributed by atoms with Gasteiger partial charge >= 0.3 is 6.03 Å². The van der Waals surface area contributed by atoms with E-state index in [1.165, 1.54) is 0 Å². The number of nitrogens with one attached hydrogen (secondary N) is 2. The number of methoxy groups -OCH3 is 1. The standard InChI is InChI=1S/C32H44ClN5O6/c1-5-12-34-32(40)37-27-9-8-25(16-26(27)33)44-31-21(2)28(35-20-36-31)17-29(22(3)41-4)43-14-6-7-30(39)38-13-10-24-19-42-15-11-23(24)18-38/h8-9,16-17,22-24H,2,5-7,10-15,18-20H2,1,3-4H3,(H2,34,37,40)/b29-17+. The number of anilines is 1. The average molecular weight is 630 g/mol. The van der Waals surface area contributed by atoms with Gasteiger partial charge in [-0.2, -0.15) is 0 Å². The number of hydrogen-bond acceptors (Lipinski definition) is 8. The molecule has 44 heavy (non-hydrogen) atoms. The number of urea groups is 1. The van der Waals surface area contributed by atoms with Crippen LogP contribution in [0.4, 0.5) is 10.5 Å². The lowest BCUT2D eigenvalue weighted by molar-refractivity contribution is -0.136. The quantitative estimate of drug-likeness (QED) is 0.241. The van der Waals surface area contributed by atoms with Crippen molar-refractivity contribution < 1.29 is 28.5 Å². The number of carbonyl (C=O) groups excluding carboxylic acids is 2. The Bertz CT molecular complexity index is 1280. The number of halogens is 1. The van der Waals surface area contributed by atoms with Crippen molar-refractivity contribution in [3.63, 3.8) is 0 Å². The lowest BCUT2D eigenvalue weighted by Crippen LogP contribution is -2.46. The van der Waals surface area contributed by atoms with Crippen LogP contribution in [0.2, 0.25) is 5.02 Å². The van der Waals surface area contributed by atoms with Crippen LogP contribution in [0.15, 0.2) is 52.2 Å². The van der Waals surface area contributed by atoms with Crippen LogP contribution in [0.1, 0.15) is 46.0 Å². The Morgan fingerprint density at radius 1 is 1.27 bits per heavy atom. The van der Waals surface area contributed by atoms with Gasteiger partial charge in [-0.25, -0.2) is 9.79 Å². The molecule has 11 nitrogen and oxygen atoms in total. The summed E-state index contributed by atoms with van der Waals surface area (Å²) in [6.45, 7) is 12.3. The molecular formula is C32H44ClN5O6. The minimum atomic E-state index is -0.342. The van der Waals surface area contributed by atoms with Crippen molar-refractivity contribution >= 4 is 40.8 Å². The second-order valence-electron chi connectivity index (χ2n) is 11.1. The van der Waals surface area contributed by atoms with E-state index < -0.39 is 0 Å². The summed E-state index contributed by atoms with van der Waals surface area (Å²) in [7, 11) is 1.61. The zero-order valence-corrected chi connectivity index (χ0v) is 26.7. The summed E-state index contributed by atoms with van der Waals surface area (Å²) in [5.41, 5.74) is 1.49. The molecule has 2 fully saturated rings. The minimum Gasteiger partial charge on any atom is -0.495 e. The van der Waals surface area contributed by atoms with E-state index in [2.05, 4.69) is 27.2 Å². The van der Waals surface area contributed by atoms with Gasteiger partial charge in [-0.05, 0) is 56.6 Å². The number of ether oxygens (including phenoxy) is 4. The molecule has 12 heteroatoms. The molecule has 2 N–H and O–H groups in total. The maximum atomic E-state index is 12.9. The summed E-state index contributed by atoms with van der Waals surface area (Å²) in [6.07, 6.45) is 5.34. The third-order valence-electron chi connectivity index (χ3n) is 8.01. The minimum absolute atomic E-state index is 0.151. The molecular weight excluding hydrogens is 586 g/mol. The molecule has 0 spiro atoms. The number of hydrogen-bond donors (Lipinski definition) is 2. The van der Waals surface area contributed by atoms with Crippen molar-refractivity contribution in [1.29, 1.82) is 0 Å². The highest BCUT2D eigenvalue weighted by atomic mass is 35.5. The van der Waals surface area contributed by atoms with Crippen molar-refractivity contribution in [3.8, 4) is 5.75 Å². The van der Waals surface area contributed by atoms with E-state index in [0.29, 0.717) is 77.2 Å². The van der Waals surface area contributed by atoms with Crippen molar-refractivity contribution in [3.05, 3.63) is 47.2 Å². The first-order valence-electron chi connectivity index (χ1n) is 15.3. The van der Waals surface area contributed by atoms with E-state index in [-0.39, 0.29) is 24.7 Å². The monoisotopic (exact) mass is 629 g/mol. The highest BCUT2D eigenvalue weighted by molar-refractivity contribution is 6.34. The fourth-order valence-electron chi connectivity index (χ4n) is 5.30. The largest absolute Gasteiger partial charge is 0.495 e. The van der Waals surface area contributed by atoms with Crippen molar-refractivity contribution in [2.24, 2.45) is 21.8 Å². The first-order valence-corrected chi connectivity index (χ1v) is 15.7. The maximum absolute atomic E-state index is 12.9. The average Bonchev–Trinajstić information content (AvgIpc) is 3.03. The normalized spacial score (nSPS) is 21.0. The number of benzene rings is 1. The van der Waals surface area contributed by atoms with Gasteiger partial charge in [0.1, 0.15) is 24.3 Å². The van der Waals surface area contributed by atoms with Gasteiger partial charge < -0.3 is 34.5 Å². The van der Waals surface area contributed by atoms with Crippen LogP contribution < -0.4 is 15.4 Å². The molecule has 3 heterocycles. The van der Waals surface area contributed by atoms with E-state index in [4.69, 9.17) is 30.5 Å².